The van der Waals surface area contributed by atoms with Gasteiger partial charge in [0.15, 0.2) is 17.5 Å². The largest absolute Gasteiger partial charge is 0.456 e. The second kappa shape index (κ2) is 10.8. The molecule has 2 aliphatic carbocycles. The maximum absolute atomic E-state index is 6.37. The number of rotatable bonds is 4. The van der Waals surface area contributed by atoms with Gasteiger partial charge in [0, 0.05) is 59.0 Å². The molecular weight excluding hydrogens is 619 g/mol. The number of benzene rings is 5. The van der Waals surface area contributed by atoms with Crippen molar-refractivity contribution in [3.8, 4) is 22.8 Å². The average Bonchev–Trinajstić information content (AvgIpc) is 3.74. The van der Waals surface area contributed by atoms with Crippen molar-refractivity contribution in [3.63, 3.8) is 0 Å². The number of nitrogens with zero attached hydrogens (tertiary/aromatic N) is 3. The molecule has 0 amide bonds. The van der Waals surface area contributed by atoms with E-state index in [-0.39, 0.29) is 5.92 Å². The van der Waals surface area contributed by atoms with Crippen molar-refractivity contribution < 1.29 is 4.42 Å². The van der Waals surface area contributed by atoms with Crippen LogP contribution in [0, 0.1) is 5.92 Å². The predicted molar refractivity (Wildman–Crippen MR) is 202 cm³/mol. The quantitative estimate of drug-likeness (QED) is 0.191. The average molecular weight is 648 g/mol. The molecule has 5 aromatic carbocycles. The number of para-hydroxylation sites is 1. The number of aromatic nitrogens is 3. The van der Waals surface area contributed by atoms with E-state index in [9.17, 15) is 0 Å². The molecule has 5 heteroatoms. The number of fused-ring (bicyclic) bond motifs is 7. The third-order valence-electron chi connectivity index (χ3n) is 10.0. The van der Waals surface area contributed by atoms with Gasteiger partial charge in [-0.25, -0.2) is 15.0 Å². The SMILES string of the molecule is CC1(c2cccc3oc4ccccc4c23)C=C(c2nc(-c3ccccc3)nc(-c3cccc4sc5ccccc5c34)n2)C=C2C=CC=CC21. The lowest BCUT2D eigenvalue weighted by atomic mass is 9.63. The summed E-state index contributed by atoms with van der Waals surface area (Å²) in [6.45, 7) is 2.34. The molecule has 0 radical (unpaired) electrons. The van der Waals surface area contributed by atoms with Gasteiger partial charge in [0.25, 0.3) is 0 Å². The van der Waals surface area contributed by atoms with Gasteiger partial charge >= 0.3 is 0 Å². The Bertz CT molecular complexity index is 2750. The van der Waals surface area contributed by atoms with Gasteiger partial charge in [-0.1, -0.05) is 128 Å². The summed E-state index contributed by atoms with van der Waals surface area (Å²) in [7, 11) is 0. The summed E-state index contributed by atoms with van der Waals surface area (Å²) in [6, 6.07) is 40.0. The van der Waals surface area contributed by atoms with Gasteiger partial charge in [0.05, 0.1) is 0 Å². The zero-order valence-corrected chi connectivity index (χ0v) is 27.5. The number of allylic oxidation sites excluding steroid dienone is 8. The van der Waals surface area contributed by atoms with Crippen LogP contribution in [0.2, 0.25) is 0 Å². The summed E-state index contributed by atoms with van der Waals surface area (Å²) in [4.78, 5) is 15.6. The highest BCUT2D eigenvalue weighted by molar-refractivity contribution is 7.25. The molecule has 2 unspecified atom stereocenters. The Morgan fingerprint density at radius 2 is 1.37 bits per heavy atom. The van der Waals surface area contributed by atoms with Crippen LogP contribution in [0.3, 0.4) is 0 Å². The molecule has 0 saturated carbocycles. The van der Waals surface area contributed by atoms with Crippen molar-refractivity contribution in [1.29, 1.82) is 0 Å². The van der Waals surface area contributed by atoms with Crippen LogP contribution in [0.1, 0.15) is 18.3 Å². The first-order valence-electron chi connectivity index (χ1n) is 16.6. The van der Waals surface area contributed by atoms with Crippen LogP contribution in [-0.4, -0.2) is 15.0 Å². The van der Waals surface area contributed by atoms with Gasteiger partial charge in [-0.3, -0.25) is 0 Å². The Morgan fingerprint density at radius 3 is 2.29 bits per heavy atom. The van der Waals surface area contributed by atoms with Gasteiger partial charge in [-0.2, -0.15) is 0 Å². The number of furan rings is 1. The van der Waals surface area contributed by atoms with Crippen LogP contribution in [0.4, 0.5) is 0 Å². The highest BCUT2D eigenvalue weighted by Gasteiger charge is 2.40. The van der Waals surface area contributed by atoms with Gasteiger partial charge in [-0.05, 0) is 41.5 Å². The maximum atomic E-state index is 6.37. The molecule has 0 spiro atoms. The maximum Gasteiger partial charge on any atom is 0.164 e. The predicted octanol–water partition coefficient (Wildman–Crippen LogP) is 11.5. The monoisotopic (exact) mass is 647 g/mol. The topological polar surface area (TPSA) is 51.8 Å². The molecule has 10 rings (SSSR count). The molecule has 49 heavy (non-hydrogen) atoms. The molecule has 8 aromatic rings. The minimum atomic E-state index is -0.421. The highest BCUT2D eigenvalue weighted by atomic mass is 32.1. The van der Waals surface area contributed by atoms with Crippen LogP contribution in [0.5, 0.6) is 0 Å². The third-order valence-corrected chi connectivity index (χ3v) is 11.2. The van der Waals surface area contributed by atoms with Crippen LogP contribution >= 0.6 is 11.3 Å². The number of hydrogen-bond donors (Lipinski definition) is 0. The Morgan fingerprint density at radius 1 is 0.633 bits per heavy atom. The van der Waals surface area contributed by atoms with E-state index in [4.69, 9.17) is 19.4 Å². The lowest BCUT2D eigenvalue weighted by molar-refractivity contribution is 0.487. The highest BCUT2D eigenvalue weighted by Crippen LogP contribution is 2.49. The zero-order valence-electron chi connectivity index (χ0n) is 26.7. The normalized spacial score (nSPS) is 18.7. The van der Waals surface area contributed by atoms with E-state index in [1.165, 1.54) is 31.3 Å². The first kappa shape index (κ1) is 28.1. The summed E-state index contributed by atoms with van der Waals surface area (Å²) in [6.07, 6.45) is 13.5. The molecule has 2 aliphatic rings. The second-order valence-electron chi connectivity index (χ2n) is 13.0. The zero-order chi connectivity index (χ0) is 32.5. The van der Waals surface area contributed by atoms with Crippen LogP contribution in [0.15, 0.2) is 162 Å². The van der Waals surface area contributed by atoms with Crippen molar-refractivity contribution in [2.75, 3.05) is 0 Å². The van der Waals surface area contributed by atoms with E-state index in [1.807, 2.05) is 30.3 Å². The summed E-state index contributed by atoms with van der Waals surface area (Å²) < 4.78 is 8.84. The first-order chi connectivity index (χ1) is 24.1. The Balaban J connectivity index is 1.24. The standard InChI is InChI=1S/C44H29N3OS/c1-44(34-20-12-22-36-40(34)30-16-6-9-21-35(30)48-36)26-29(25-28-15-5-8-19-33(28)44)42-45-41(27-13-3-2-4-14-27)46-43(47-42)32-18-11-24-38-39(32)31-17-7-10-23-37(31)49-38/h2-26,33H,1H3. The van der Waals surface area contributed by atoms with Gasteiger partial charge in [0.1, 0.15) is 11.2 Å². The molecule has 2 atom stereocenters. The Kier molecular flexibility index (Phi) is 6.21. The molecule has 0 aliphatic heterocycles. The minimum Gasteiger partial charge on any atom is -0.456 e. The van der Waals surface area contributed by atoms with E-state index in [2.05, 4.69) is 128 Å². The van der Waals surface area contributed by atoms with Gasteiger partial charge in [-0.15, -0.1) is 11.3 Å². The van der Waals surface area contributed by atoms with E-state index < -0.39 is 5.41 Å². The molecule has 232 valence electrons. The van der Waals surface area contributed by atoms with E-state index in [0.717, 1.165) is 38.6 Å². The van der Waals surface area contributed by atoms with Crippen molar-refractivity contribution in [2.24, 2.45) is 5.92 Å². The van der Waals surface area contributed by atoms with E-state index in [0.29, 0.717) is 17.5 Å². The van der Waals surface area contributed by atoms with E-state index >= 15 is 0 Å². The van der Waals surface area contributed by atoms with Gasteiger partial charge < -0.3 is 4.42 Å². The van der Waals surface area contributed by atoms with Crippen LogP contribution < -0.4 is 0 Å². The fourth-order valence-corrected chi connectivity index (χ4v) is 8.91. The fraction of sp³-hybridized carbons (Fsp3) is 0.0682. The van der Waals surface area contributed by atoms with Crippen LogP contribution in [0.25, 0.3) is 70.5 Å². The minimum absolute atomic E-state index is 0.126. The van der Waals surface area contributed by atoms with Crippen molar-refractivity contribution >= 4 is 59.0 Å². The smallest absolute Gasteiger partial charge is 0.164 e. The number of hydrogen-bond acceptors (Lipinski definition) is 5. The van der Waals surface area contributed by atoms with Crippen molar-refractivity contribution in [2.45, 2.75) is 12.3 Å². The van der Waals surface area contributed by atoms with Crippen molar-refractivity contribution in [1.82, 2.24) is 15.0 Å². The third kappa shape index (κ3) is 4.39. The summed E-state index contributed by atoms with van der Waals surface area (Å²) >= 11 is 1.80. The lowest BCUT2D eigenvalue weighted by Crippen LogP contribution is -2.33. The van der Waals surface area contributed by atoms with Crippen molar-refractivity contribution in [3.05, 3.63) is 169 Å². The summed E-state index contributed by atoms with van der Waals surface area (Å²) in [5, 5.41) is 4.67. The molecule has 3 heterocycles. The van der Waals surface area contributed by atoms with Gasteiger partial charge in [0.2, 0.25) is 0 Å². The molecule has 0 bridgehead atoms. The molecule has 3 aromatic heterocycles. The molecule has 4 nitrogen and oxygen atoms in total. The summed E-state index contributed by atoms with van der Waals surface area (Å²) in [5.74, 6) is 2.11. The molecule has 0 saturated heterocycles. The molecule has 0 N–H and O–H groups in total. The summed E-state index contributed by atoms with van der Waals surface area (Å²) in [5.41, 5.74) is 6.75. The first-order valence-corrected chi connectivity index (χ1v) is 17.4. The second-order valence-corrected chi connectivity index (χ2v) is 14.1. The Hall–Kier alpha value is -5.91. The van der Waals surface area contributed by atoms with E-state index in [1.54, 1.807) is 11.3 Å². The van der Waals surface area contributed by atoms with Crippen LogP contribution in [-0.2, 0) is 5.41 Å². The molecular formula is C44H29N3OS. The number of thiophene rings is 1. The Labute approximate surface area is 287 Å². The lowest BCUT2D eigenvalue weighted by Gasteiger charge is -2.39. The molecule has 0 fully saturated rings. The fourth-order valence-electron chi connectivity index (χ4n) is 7.78.